The topological polar surface area (TPSA) is 67.8 Å². The monoisotopic (exact) mass is 428 g/mol. The highest BCUT2D eigenvalue weighted by atomic mass is 16.5. The molecular weight excluding hydrogens is 396 g/mol. The number of methoxy groups -OCH3 is 4. The fourth-order valence-electron chi connectivity index (χ4n) is 3.80. The summed E-state index contributed by atoms with van der Waals surface area (Å²) in [4.78, 5) is 9.09. The fourth-order valence-corrected chi connectivity index (χ4v) is 3.80. The number of piperazine rings is 1. The van der Waals surface area contributed by atoms with E-state index in [0.29, 0.717) is 23.8 Å². The van der Waals surface area contributed by atoms with Gasteiger partial charge in [0.1, 0.15) is 23.0 Å². The molecule has 2 aromatic rings. The number of rotatable bonds is 7. The molecule has 0 spiro atoms. The van der Waals surface area contributed by atoms with E-state index in [9.17, 15) is 0 Å². The van der Waals surface area contributed by atoms with Gasteiger partial charge in [-0.05, 0) is 12.1 Å². The number of anilines is 1. The van der Waals surface area contributed by atoms with Gasteiger partial charge in [0, 0.05) is 45.4 Å². The molecule has 1 aliphatic heterocycles. The van der Waals surface area contributed by atoms with E-state index in [0.717, 1.165) is 49.1 Å². The van der Waals surface area contributed by atoms with Gasteiger partial charge in [0.25, 0.3) is 0 Å². The molecule has 0 bridgehead atoms. The zero-order chi connectivity index (χ0) is 22.2. The number of nitrogens with one attached hydrogen (secondary N) is 1. The van der Waals surface area contributed by atoms with Crippen LogP contribution in [0.25, 0.3) is 0 Å². The fraction of sp³-hybridized carbons (Fsp3) is 0.435. The normalized spacial score (nSPS) is 14.3. The molecule has 31 heavy (non-hydrogen) atoms. The lowest BCUT2D eigenvalue weighted by Gasteiger charge is -2.38. The van der Waals surface area contributed by atoms with Gasteiger partial charge >= 0.3 is 0 Å². The Morgan fingerprint density at radius 3 is 2.03 bits per heavy atom. The Hall–Kier alpha value is -3.29. The first-order valence-electron chi connectivity index (χ1n) is 10.3. The van der Waals surface area contributed by atoms with Crippen LogP contribution in [0, 0.1) is 0 Å². The molecule has 0 atom stereocenters. The van der Waals surface area contributed by atoms with Gasteiger partial charge in [0.15, 0.2) is 5.96 Å². The van der Waals surface area contributed by atoms with Crippen molar-refractivity contribution in [3.05, 3.63) is 42.0 Å². The van der Waals surface area contributed by atoms with Crippen LogP contribution in [0.4, 0.5) is 5.69 Å². The molecule has 168 valence electrons. The first-order chi connectivity index (χ1) is 15.1. The lowest BCUT2D eigenvalue weighted by Crippen LogP contribution is -2.52. The third-order valence-electron chi connectivity index (χ3n) is 5.46. The second kappa shape index (κ2) is 10.7. The summed E-state index contributed by atoms with van der Waals surface area (Å²) in [6, 6.07) is 11.8. The van der Waals surface area contributed by atoms with Crippen molar-refractivity contribution in [2.24, 2.45) is 4.99 Å². The molecule has 1 fully saturated rings. The Labute approximate surface area is 184 Å². The van der Waals surface area contributed by atoms with Gasteiger partial charge in [-0.3, -0.25) is 4.99 Å². The van der Waals surface area contributed by atoms with Crippen molar-refractivity contribution < 1.29 is 18.9 Å². The minimum absolute atomic E-state index is 0.524. The number of hydrogen-bond acceptors (Lipinski definition) is 6. The van der Waals surface area contributed by atoms with Crippen molar-refractivity contribution >= 4 is 11.6 Å². The summed E-state index contributed by atoms with van der Waals surface area (Å²) in [5, 5.41) is 3.45. The molecule has 0 aliphatic carbocycles. The third-order valence-corrected chi connectivity index (χ3v) is 5.46. The van der Waals surface area contributed by atoms with Gasteiger partial charge in [-0.2, -0.15) is 0 Å². The van der Waals surface area contributed by atoms with Crippen molar-refractivity contribution in [1.29, 1.82) is 0 Å². The number of benzene rings is 2. The lowest BCUT2D eigenvalue weighted by atomic mass is 10.1. The van der Waals surface area contributed by atoms with E-state index in [2.05, 4.69) is 26.2 Å². The Bertz CT molecular complexity index is 870. The molecule has 0 saturated carbocycles. The average Bonchev–Trinajstić information content (AvgIpc) is 2.84. The predicted molar refractivity (Wildman–Crippen MR) is 123 cm³/mol. The maximum atomic E-state index is 5.55. The van der Waals surface area contributed by atoms with E-state index in [1.807, 2.05) is 30.3 Å². The lowest BCUT2D eigenvalue weighted by molar-refractivity contribution is 0.360. The molecule has 1 aliphatic rings. The molecule has 8 heteroatoms. The molecule has 0 amide bonds. The maximum Gasteiger partial charge on any atom is 0.194 e. The van der Waals surface area contributed by atoms with Crippen molar-refractivity contribution in [3.63, 3.8) is 0 Å². The smallest absolute Gasteiger partial charge is 0.194 e. The zero-order valence-corrected chi connectivity index (χ0v) is 19.0. The van der Waals surface area contributed by atoms with Gasteiger partial charge in [0.2, 0.25) is 0 Å². The molecule has 3 rings (SSSR count). The minimum atomic E-state index is 0.524. The number of ether oxygens (including phenoxy) is 4. The van der Waals surface area contributed by atoms with Gasteiger partial charge in [-0.1, -0.05) is 12.1 Å². The maximum absolute atomic E-state index is 5.55. The van der Waals surface area contributed by atoms with Crippen LogP contribution in [-0.4, -0.2) is 72.5 Å². The van der Waals surface area contributed by atoms with Crippen molar-refractivity contribution in [2.45, 2.75) is 6.54 Å². The van der Waals surface area contributed by atoms with Crippen LogP contribution < -0.4 is 29.2 Å². The van der Waals surface area contributed by atoms with Crippen LogP contribution in [-0.2, 0) is 6.54 Å². The molecule has 0 radical (unpaired) electrons. The summed E-state index contributed by atoms with van der Waals surface area (Å²) < 4.78 is 22.0. The van der Waals surface area contributed by atoms with E-state index in [4.69, 9.17) is 18.9 Å². The number of hydrogen-bond donors (Lipinski definition) is 1. The van der Waals surface area contributed by atoms with E-state index in [1.54, 1.807) is 35.5 Å². The zero-order valence-electron chi connectivity index (χ0n) is 19.0. The largest absolute Gasteiger partial charge is 0.496 e. The van der Waals surface area contributed by atoms with Crippen LogP contribution >= 0.6 is 0 Å². The van der Waals surface area contributed by atoms with Crippen LogP contribution in [0.3, 0.4) is 0 Å². The second-order valence-electron chi connectivity index (χ2n) is 7.06. The number of guanidine groups is 1. The number of aliphatic imine (C=N–C) groups is 1. The van der Waals surface area contributed by atoms with Crippen molar-refractivity contribution in [2.75, 3.05) is 66.6 Å². The molecule has 0 aromatic heterocycles. The summed E-state index contributed by atoms with van der Waals surface area (Å²) in [5.41, 5.74) is 2.04. The van der Waals surface area contributed by atoms with Gasteiger partial charge in [-0.25, -0.2) is 0 Å². The summed E-state index contributed by atoms with van der Waals surface area (Å²) in [6.07, 6.45) is 0. The molecule has 1 saturated heterocycles. The van der Waals surface area contributed by atoms with Crippen LogP contribution in [0.15, 0.2) is 41.4 Å². The molecule has 0 unspecified atom stereocenters. The van der Waals surface area contributed by atoms with Crippen molar-refractivity contribution in [1.82, 2.24) is 10.2 Å². The summed E-state index contributed by atoms with van der Waals surface area (Å²) in [7, 11) is 8.42. The summed E-state index contributed by atoms with van der Waals surface area (Å²) in [6.45, 7) is 4.01. The Morgan fingerprint density at radius 2 is 1.48 bits per heavy atom. The summed E-state index contributed by atoms with van der Waals surface area (Å²) >= 11 is 0. The molecule has 1 N–H and O–H groups in total. The average molecular weight is 429 g/mol. The van der Waals surface area contributed by atoms with Gasteiger partial charge in [0.05, 0.1) is 46.2 Å². The first-order valence-corrected chi connectivity index (χ1v) is 10.3. The van der Waals surface area contributed by atoms with Gasteiger partial charge in [-0.15, -0.1) is 0 Å². The quantitative estimate of drug-likeness (QED) is 0.537. The first kappa shape index (κ1) is 22.4. The second-order valence-corrected chi connectivity index (χ2v) is 7.06. The van der Waals surface area contributed by atoms with Gasteiger partial charge < -0.3 is 34.1 Å². The predicted octanol–water partition coefficient (Wildman–Crippen LogP) is 2.62. The Kier molecular flexibility index (Phi) is 7.70. The highest BCUT2D eigenvalue weighted by molar-refractivity contribution is 5.80. The minimum Gasteiger partial charge on any atom is -0.496 e. The SMILES string of the molecule is CN=C(NCc1c(OC)cc(OC)cc1OC)N1CCN(c2ccccc2OC)CC1. The highest BCUT2D eigenvalue weighted by Crippen LogP contribution is 2.34. The number of nitrogens with zero attached hydrogens (tertiary/aromatic N) is 3. The van der Waals surface area contributed by atoms with E-state index in [1.165, 1.54) is 0 Å². The molecule has 8 nitrogen and oxygen atoms in total. The van der Waals surface area contributed by atoms with Crippen LogP contribution in [0.5, 0.6) is 23.0 Å². The van der Waals surface area contributed by atoms with Crippen LogP contribution in [0.2, 0.25) is 0 Å². The number of para-hydroxylation sites is 2. The summed E-state index contributed by atoms with van der Waals surface area (Å²) in [5.74, 6) is 3.85. The highest BCUT2D eigenvalue weighted by Gasteiger charge is 2.22. The Morgan fingerprint density at radius 1 is 0.871 bits per heavy atom. The standard InChI is InChI=1S/C23H32N4O4/c1-24-23(25-16-18-21(30-4)14-17(28-2)15-22(18)31-5)27-12-10-26(11-13-27)19-8-6-7-9-20(19)29-3/h6-9,14-15H,10-13,16H2,1-5H3,(H,24,25). The molecule has 1 heterocycles. The molecule has 2 aromatic carbocycles. The van der Waals surface area contributed by atoms with E-state index in [-0.39, 0.29) is 0 Å². The third kappa shape index (κ3) is 5.07. The van der Waals surface area contributed by atoms with E-state index >= 15 is 0 Å². The van der Waals surface area contributed by atoms with Crippen LogP contribution in [0.1, 0.15) is 5.56 Å². The van der Waals surface area contributed by atoms with E-state index < -0.39 is 0 Å². The Balaban J connectivity index is 1.66. The van der Waals surface area contributed by atoms with Crippen molar-refractivity contribution in [3.8, 4) is 23.0 Å². The molecular formula is C23H32N4O4.